The zero-order valence-electron chi connectivity index (χ0n) is 12.3. The van der Waals surface area contributed by atoms with Crippen molar-refractivity contribution in [3.63, 3.8) is 0 Å². The van der Waals surface area contributed by atoms with Crippen LogP contribution in [0.3, 0.4) is 0 Å². The molecule has 0 aliphatic carbocycles. The van der Waals surface area contributed by atoms with Crippen molar-refractivity contribution in [2.45, 2.75) is 13.8 Å². The van der Waals surface area contributed by atoms with Gasteiger partial charge < -0.3 is 5.32 Å². The maximum atomic E-state index is 12.2. The average Bonchev–Trinajstić information content (AvgIpc) is 2.95. The molecular formula is C17H15N3OS. The highest BCUT2D eigenvalue weighted by atomic mass is 32.1. The maximum absolute atomic E-state index is 12.2. The molecule has 0 saturated carbocycles. The largest absolute Gasteiger partial charge is 0.322 e. The van der Waals surface area contributed by atoms with Crippen molar-refractivity contribution in [3.05, 3.63) is 64.2 Å². The molecule has 5 heteroatoms. The van der Waals surface area contributed by atoms with E-state index in [0.29, 0.717) is 5.56 Å². The van der Waals surface area contributed by atoms with Crippen LogP contribution in [0, 0.1) is 13.8 Å². The summed E-state index contributed by atoms with van der Waals surface area (Å²) in [5, 5.41) is 5.93. The van der Waals surface area contributed by atoms with Gasteiger partial charge in [0.2, 0.25) is 0 Å². The molecule has 0 unspecified atom stereocenters. The second kappa shape index (κ2) is 6.07. The van der Waals surface area contributed by atoms with E-state index in [4.69, 9.17) is 0 Å². The lowest BCUT2D eigenvalue weighted by atomic mass is 10.1. The number of carbonyl (C=O) groups excluding carboxylic acids is 1. The van der Waals surface area contributed by atoms with Crippen LogP contribution in [0.5, 0.6) is 0 Å². The van der Waals surface area contributed by atoms with Crippen molar-refractivity contribution >= 4 is 22.9 Å². The second-order valence-electron chi connectivity index (χ2n) is 4.97. The molecule has 0 aliphatic rings. The van der Waals surface area contributed by atoms with Crippen LogP contribution in [-0.4, -0.2) is 15.9 Å². The summed E-state index contributed by atoms with van der Waals surface area (Å²) in [6.45, 7) is 3.87. The summed E-state index contributed by atoms with van der Waals surface area (Å²) in [6.07, 6.45) is 1.58. The van der Waals surface area contributed by atoms with Gasteiger partial charge in [0.05, 0.1) is 16.3 Å². The summed E-state index contributed by atoms with van der Waals surface area (Å²) in [5.74, 6) is -0.167. The van der Waals surface area contributed by atoms with Crippen LogP contribution in [0.25, 0.3) is 11.3 Å². The van der Waals surface area contributed by atoms with Crippen LogP contribution < -0.4 is 5.32 Å². The Morgan fingerprint density at radius 2 is 2.05 bits per heavy atom. The first kappa shape index (κ1) is 14.4. The predicted molar refractivity (Wildman–Crippen MR) is 89.2 cm³/mol. The van der Waals surface area contributed by atoms with Crippen LogP contribution in [0.15, 0.2) is 48.0 Å². The van der Waals surface area contributed by atoms with Crippen molar-refractivity contribution in [2.24, 2.45) is 0 Å². The van der Waals surface area contributed by atoms with Gasteiger partial charge >= 0.3 is 0 Å². The molecule has 4 nitrogen and oxygen atoms in total. The summed E-state index contributed by atoms with van der Waals surface area (Å²) in [7, 11) is 0. The number of pyridine rings is 1. The van der Waals surface area contributed by atoms with E-state index in [9.17, 15) is 4.79 Å². The number of aryl methyl sites for hydroxylation is 2. The number of rotatable bonds is 3. The van der Waals surface area contributed by atoms with E-state index in [1.807, 2.05) is 49.6 Å². The van der Waals surface area contributed by atoms with Crippen molar-refractivity contribution in [1.82, 2.24) is 9.97 Å². The number of hydrogen-bond acceptors (Lipinski definition) is 4. The van der Waals surface area contributed by atoms with Crippen LogP contribution in [0.4, 0.5) is 5.69 Å². The number of aromatic nitrogens is 2. The Morgan fingerprint density at radius 3 is 2.73 bits per heavy atom. The second-order valence-corrected chi connectivity index (χ2v) is 6.04. The van der Waals surface area contributed by atoms with Gasteiger partial charge in [-0.05, 0) is 38.1 Å². The fourth-order valence-electron chi connectivity index (χ4n) is 2.06. The molecule has 0 aliphatic heterocycles. The highest BCUT2D eigenvalue weighted by Gasteiger charge is 2.08. The molecule has 0 fully saturated rings. The molecular weight excluding hydrogens is 294 g/mol. The minimum absolute atomic E-state index is 0.167. The average molecular weight is 309 g/mol. The third kappa shape index (κ3) is 3.20. The summed E-state index contributed by atoms with van der Waals surface area (Å²) >= 11 is 1.61. The normalized spacial score (nSPS) is 10.5. The van der Waals surface area contributed by atoms with Gasteiger partial charge in [0.15, 0.2) is 0 Å². The van der Waals surface area contributed by atoms with Crippen molar-refractivity contribution in [3.8, 4) is 11.3 Å². The van der Waals surface area contributed by atoms with Gasteiger partial charge in [-0.15, -0.1) is 11.3 Å². The Labute approximate surface area is 132 Å². The molecule has 0 atom stereocenters. The molecule has 0 saturated heterocycles. The van der Waals surface area contributed by atoms with Gasteiger partial charge in [0.25, 0.3) is 5.91 Å². The standard InChI is InChI=1S/C17H15N3OS/c1-11-6-7-14(9-18-11)17(21)20-15-5-3-4-13(8-15)16-10-22-12(2)19-16/h3-10H,1-2H3,(H,20,21). The number of nitrogens with one attached hydrogen (secondary N) is 1. The van der Waals surface area contributed by atoms with Crippen molar-refractivity contribution in [1.29, 1.82) is 0 Å². The van der Waals surface area contributed by atoms with Gasteiger partial charge in [-0.25, -0.2) is 4.98 Å². The van der Waals surface area contributed by atoms with E-state index in [2.05, 4.69) is 15.3 Å². The number of hydrogen-bond donors (Lipinski definition) is 1. The highest BCUT2D eigenvalue weighted by molar-refractivity contribution is 7.09. The molecule has 0 bridgehead atoms. The smallest absolute Gasteiger partial charge is 0.257 e. The first-order valence-electron chi connectivity index (χ1n) is 6.88. The van der Waals surface area contributed by atoms with Crippen LogP contribution in [0.2, 0.25) is 0 Å². The summed E-state index contributed by atoms with van der Waals surface area (Å²) in [6, 6.07) is 11.3. The van der Waals surface area contributed by atoms with Gasteiger partial charge in [-0.3, -0.25) is 9.78 Å². The highest BCUT2D eigenvalue weighted by Crippen LogP contribution is 2.24. The number of benzene rings is 1. The van der Waals surface area contributed by atoms with Gasteiger partial charge in [0.1, 0.15) is 0 Å². The first-order valence-corrected chi connectivity index (χ1v) is 7.76. The maximum Gasteiger partial charge on any atom is 0.257 e. The lowest BCUT2D eigenvalue weighted by molar-refractivity contribution is 0.102. The molecule has 0 radical (unpaired) electrons. The Kier molecular flexibility index (Phi) is 3.98. The van der Waals surface area contributed by atoms with E-state index in [-0.39, 0.29) is 5.91 Å². The van der Waals surface area contributed by atoms with Crippen LogP contribution in [0.1, 0.15) is 21.1 Å². The van der Waals surface area contributed by atoms with Crippen LogP contribution >= 0.6 is 11.3 Å². The van der Waals surface area contributed by atoms with Crippen LogP contribution in [-0.2, 0) is 0 Å². The number of amides is 1. The Hall–Kier alpha value is -2.53. The van der Waals surface area contributed by atoms with Crippen molar-refractivity contribution in [2.75, 3.05) is 5.32 Å². The lowest BCUT2D eigenvalue weighted by Gasteiger charge is -2.06. The molecule has 110 valence electrons. The summed E-state index contributed by atoms with van der Waals surface area (Å²) < 4.78 is 0. The summed E-state index contributed by atoms with van der Waals surface area (Å²) in [4.78, 5) is 20.8. The topological polar surface area (TPSA) is 54.9 Å². The fourth-order valence-corrected chi connectivity index (χ4v) is 2.68. The number of thiazole rings is 1. The monoisotopic (exact) mass is 309 g/mol. The fraction of sp³-hybridized carbons (Fsp3) is 0.118. The number of carbonyl (C=O) groups is 1. The molecule has 1 aromatic carbocycles. The third-order valence-corrected chi connectivity index (χ3v) is 3.98. The van der Waals surface area contributed by atoms with E-state index in [1.54, 1.807) is 23.6 Å². The lowest BCUT2D eigenvalue weighted by Crippen LogP contribution is -2.12. The number of nitrogens with zero attached hydrogens (tertiary/aromatic N) is 2. The quantitative estimate of drug-likeness (QED) is 0.793. The van der Waals surface area contributed by atoms with E-state index >= 15 is 0 Å². The molecule has 1 N–H and O–H groups in total. The molecule has 3 aromatic rings. The molecule has 3 rings (SSSR count). The van der Waals surface area contributed by atoms with Gasteiger partial charge in [-0.2, -0.15) is 0 Å². The molecule has 1 amide bonds. The van der Waals surface area contributed by atoms with E-state index < -0.39 is 0 Å². The zero-order chi connectivity index (χ0) is 15.5. The first-order chi connectivity index (χ1) is 10.6. The third-order valence-electron chi connectivity index (χ3n) is 3.21. The molecule has 2 heterocycles. The molecule has 0 spiro atoms. The Morgan fingerprint density at radius 1 is 1.18 bits per heavy atom. The predicted octanol–water partition coefficient (Wildman–Crippen LogP) is 4.07. The SMILES string of the molecule is Cc1ccc(C(=O)Nc2cccc(-c3csc(C)n3)c2)cn1. The molecule has 2 aromatic heterocycles. The minimum atomic E-state index is -0.167. The zero-order valence-corrected chi connectivity index (χ0v) is 13.1. The van der Waals surface area contributed by atoms with Gasteiger partial charge in [-0.1, -0.05) is 12.1 Å². The Bertz CT molecular complexity index is 809. The minimum Gasteiger partial charge on any atom is -0.322 e. The molecule has 22 heavy (non-hydrogen) atoms. The van der Waals surface area contributed by atoms with Crippen molar-refractivity contribution < 1.29 is 4.79 Å². The van der Waals surface area contributed by atoms with E-state index in [1.165, 1.54) is 0 Å². The number of anilines is 1. The Balaban J connectivity index is 1.81. The summed E-state index contributed by atoms with van der Waals surface area (Å²) in [5.41, 5.74) is 4.09. The van der Waals surface area contributed by atoms with E-state index in [0.717, 1.165) is 27.6 Å². The van der Waals surface area contributed by atoms with Gasteiger partial charge in [0, 0.05) is 28.5 Å².